The number of halogens is 2. The van der Waals surface area contributed by atoms with Crippen molar-refractivity contribution in [1.29, 1.82) is 0 Å². The molecule has 1 amide bonds. The number of carbonyl (C=O) groups excluding carboxylic acids is 2. The van der Waals surface area contributed by atoms with Crippen LogP contribution in [0.25, 0.3) is 0 Å². The van der Waals surface area contributed by atoms with Crippen LogP contribution in [0.2, 0.25) is 5.02 Å². The zero-order valence-corrected chi connectivity index (χ0v) is 9.47. The highest BCUT2D eigenvalue weighted by atomic mass is 35.5. The van der Waals surface area contributed by atoms with Gasteiger partial charge in [0.05, 0.1) is 0 Å². The molecule has 0 radical (unpaired) electrons. The van der Waals surface area contributed by atoms with Gasteiger partial charge in [0.1, 0.15) is 5.82 Å². The number of amides is 1. The number of ketones is 1. The first-order valence-electron chi connectivity index (χ1n) is 4.74. The Labute approximate surface area is 97.6 Å². The van der Waals surface area contributed by atoms with Crippen LogP contribution in [-0.2, 0) is 16.0 Å². The fourth-order valence-corrected chi connectivity index (χ4v) is 1.45. The molecule has 0 atom stereocenters. The minimum atomic E-state index is -0.674. The Morgan fingerprint density at radius 1 is 1.44 bits per heavy atom. The Bertz CT molecular complexity index is 400. The van der Waals surface area contributed by atoms with Crippen LogP contribution in [0, 0.1) is 5.82 Å². The van der Waals surface area contributed by atoms with Crippen LogP contribution in [-0.4, -0.2) is 18.2 Å². The lowest BCUT2D eigenvalue weighted by atomic mass is 10.1. The van der Waals surface area contributed by atoms with E-state index in [4.69, 9.17) is 11.6 Å². The summed E-state index contributed by atoms with van der Waals surface area (Å²) in [4.78, 5) is 21.5. The normalized spacial score (nSPS) is 9.94. The van der Waals surface area contributed by atoms with Crippen molar-refractivity contribution in [3.63, 3.8) is 0 Å². The molecular formula is C11H11ClFNO2. The minimum Gasteiger partial charge on any atom is -0.349 e. The summed E-state index contributed by atoms with van der Waals surface area (Å²) in [5.74, 6) is -1.66. The van der Waals surface area contributed by atoms with Crippen LogP contribution in [0.4, 0.5) is 4.39 Å². The van der Waals surface area contributed by atoms with Gasteiger partial charge < -0.3 is 5.32 Å². The molecule has 0 bridgehead atoms. The number of carbonyl (C=O) groups is 2. The average Bonchev–Trinajstić information content (AvgIpc) is 2.22. The van der Waals surface area contributed by atoms with Gasteiger partial charge in [-0.25, -0.2) is 4.39 Å². The molecule has 0 spiro atoms. The van der Waals surface area contributed by atoms with Gasteiger partial charge in [-0.05, 0) is 18.6 Å². The first-order chi connectivity index (χ1) is 7.52. The third-order valence-corrected chi connectivity index (χ3v) is 2.40. The van der Waals surface area contributed by atoms with E-state index < -0.39 is 17.5 Å². The van der Waals surface area contributed by atoms with E-state index in [0.717, 1.165) is 0 Å². The second-order valence-corrected chi connectivity index (χ2v) is 3.67. The van der Waals surface area contributed by atoms with E-state index in [2.05, 4.69) is 5.32 Å². The van der Waals surface area contributed by atoms with Crippen molar-refractivity contribution >= 4 is 23.3 Å². The highest BCUT2D eigenvalue weighted by Crippen LogP contribution is 2.18. The van der Waals surface area contributed by atoms with E-state index in [1.54, 1.807) is 6.07 Å². The lowest BCUT2D eigenvalue weighted by molar-refractivity contribution is -0.136. The summed E-state index contributed by atoms with van der Waals surface area (Å²) in [7, 11) is 0. The Balaban J connectivity index is 2.55. The van der Waals surface area contributed by atoms with Gasteiger partial charge in [-0.15, -0.1) is 0 Å². The predicted octanol–water partition coefficient (Wildman–Crippen LogP) is 1.73. The lowest BCUT2D eigenvalue weighted by Gasteiger charge is -2.06. The molecule has 5 heteroatoms. The Hall–Kier alpha value is -1.42. The van der Waals surface area contributed by atoms with E-state index in [1.165, 1.54) is 19.1 Å². The number of nitrogens with one attached hydrogen (secondary N) is 1. The van der Waals surface area contributed by atoms with Crippen LogP contribution >= 0.6 is 11.6 Å². The number of hydrogen-bond acceptors (Lipinski definition) is 2. The summed E-state index contributed by atoms with van der Waals surface area (Å²) in [6.07, 6.45) is 0.254. The highest BCUT2D eigenvalue weighted by Gasteiger charge is 2.09. The summed E-state index contributed by atoms with van der Waals surface area (Å²) >= 11 is 5.79. The van der Waals surface area contributed by atoms with Crippen LogP contribution in [0.15, 0.2) is 18.2 Å². The fraction of sp³-hybridized carbons (Fsp3) is 0.273. The molecule has 0 unspecified atom stereocenters. The molecule has 0 aliphatic carbocycles. The lowest BCUT2D eigenvalue weighted by Crippen LogP contribution is -2.31. The van der Waals surface area contributed by atoms with Crippen molar-refractivity contribution in [2.75, 3.05) is 6.54 Å². The molecule has 0 aromatic heterocycles. The zero-order chi connectivity index (χ0) is 12.1. The van der Waals surface area contributed by atoms with Crippen LogP contribution < -0.4 is 5.32 Å². The maximum atomic E-state index is 13.3. The largest absolute Gasteiger partial charge is 0.349 e. The molecular weight excluding hydrogens is 233 g/mol. The molecule has 16 heavy (non-hydrogen) atoms. The number of rotatable bonds is 4. The SMILES string of the molecule is CC(=O)C(=O)NCCc1c(F)cccc1Cl. The summed E-state index contributed by atoms with van der Waals surface area (Å²) < 4.78 is 13.3. The first kappa shape index (κ1) is 12.6. The van der Waals surface area contributed by atoms with Gasteiger partial charge in [0.25, 0.3) is 5.91 Å². The van der Waals surface area contributed by atoms with Crippen molar-refractivity contribution < 1.29 is 14.0 Å². The maximum Gasteiger partial charge on any atom is 0.287 e. The standard InChI is InChI=1S/C11H11ClFNO2/c1-7(15)11(16)14-6-5-8-9(12)3-2-4-10(8)13/h2-4H,5-6H2,1H3,(H,14,16). The Kier molecular flexibility index (Phi) is 4.43. The third kappa shape index (κ3) is 3.31. The van der Waals surface area contributed by atoms with Crippen molar-refractivity contribution in [2.45, 2.75) is 13.3 Å². The Morgan fingerprint density at radius 3 is 2.69 bits per heavy atom. The minimum absolute atomic E-state index is 0.180. The van der Waals surface area contributed by atoms with Gasteiger partial charge in [-0.3, -0.25) is 9.59 Å². The van der Waals surface area contributed by atoms with Crippen molar-refractivity contribution in [2.24, 2.45) is 0 Å². The van der Waals surface area contributed by atoms with Gasteiger partial charge in [0.2, 0.25) is 5.78 Å². The van der Waals surface area contributed by atoms with Crippen molar-refractivity contribution in [3.8, 4) is 0 Å². The summed E-state index contributed by atoms with van der Waals surface area (Å²) in [5.41, 5.74) is 0.341. The van der Waals surface area contributed by atoms with Gasteiger partial charge in [-0.2, -0.15) is 0 Å². The summed E-state index contributed by atoms with van der Waals surface area (Å²) in [6.45, 7) is 1.35. The van der Waals surface area contributed by atoms with Crippen LogP contribution in [0.5, 0.6) is 0 Å². The molecule has 0 aliphatic heterocycles. The van der Waals surface area contributed by atoms with E-state index in [1.807, 2.05) is 0 Å². The molecule has 86 valence electrons. The average molecular weight is 244 g/mol. The molecule has 1 aromatic carbocycles. The topological polar surface area (TPSA) is 46.2 Å². The van der Waals surface area contributed by atoms with Crippen molar-refractivity contribution in [3.05, 3.63) is 34.6 Å². The molecule has 1 rings (SSSR count). The molecule has 0 saturated carbocycles. The molecule has 1 aromatic rings. The molecule has 0 fully saturated rings. The van der Waals surface area contributed by atoms with E-state index in [9.17, 15) is 14.0 Å². The summed E-state index contributed by atoms with van der Waals surface area (Å²) in [5, 5.41) is 2.69. The molecule has 0 heterocycles. The third-order valence-electron chi connectivity index (χ3n) is 2.04. The Morgan fingerprint density at radius 2 is 2.12 bits per heavy atom. The fourth-order valence-electron chi connectivity index (χ4n) is 1.20. The maximum absolute atomic E-state index is 13.3. The predicted molar refractivity (Wildman–Crippen MR) is 58.8 cm³/mol. The molecule has 0 saturated heterocycles. The van der Waals surface area contributed by atoms with Crippen molar-refractivity contribution in [1.82, 2.24) is 5.32 Å². The van der Waals surface area contributed by atoms with Gasteiger partial charge >= 0.3 is 0 Å². The van der Waals surface area contributed by atoms with Gasteiger partial charge in [-0.1, -0.05) is 17.7 Å². The number of Topliss-reactive ketones (excluding diaryl/α,β-unsaturated/α-hetero) is 1. The number of hydrogen-bond donors (Lipinski definition) is 1. The van der Waals surface area contributed by atoms with Gasteiger partial charge in [0.15, 0.2) is 0 Å². The monoisotopic (exact) mass is 243 g/mol. The highest BCUT2D eigenvalue weighted by molar-refractivity contribution is 6.35. The molecule has 0 aliphatic rings. The first-order valence-corrected chi connectivity index (χ1v) is 5.12. The van der Waals surface area contributed by atoms with Crippen LogP contribution in [0.3, 0.4) is 0 Å². The second-order valence-electron chi connectivity index (χ2n) is 3.26. The quantitative estimate of drug-likeness (QED) is 0.819. The molecule has 3 nitrogen and oxygen atoms in total. The zero-order valence-electron chi connectivity index (χ0n) is 8.72. The van der Waals surface area contributed by atoms with E-state index >= 15 is 0 Å². The van der Waals surface area contributed by atoms with E-state index in [-0.39, 0.29) is 13.0 Å². The summed E-state index contributed by atoms with van der Waals surface area (Å²) in [6, 6.07) is 4.39. The number of benzene rings is 1. The smallest absolute Gasteiger partial charge is 0.287 e. The second kappa shape index (κ2) is 5.61. The van der Waals surface area contributed by atoms with E-state index in [0.29, 0.717) is 10.6 Å². The molecule has 1 N–H and O–H groups in total. The van der Waals surface area contributed by atoms with Gasteiger partial charge in [0, 0.05) is 24.1 Å². The van der Waals surface area contributed by atoms with Crippen LogP contribution in [0.1, 0.15) is 12.5 Å².